The monoisotopic (exact) mass is 458 g/mol. The normalized spacial score (nSPS) is 22.8. The van der Waals surface area contributed by atoms with E-state index in [1.165, 1.54) is 19.3 Å². The van der Waals surface area contributed by atoms with Crippen LogP contribution in [0.15, 0.2) is 18.2 Å². The van der Waals surface area contributed by atoms with Gasteiger partial charge in [-0.25, -0.2) is 0 Å². The highest BCUT2D eigenvalue weighted by Crippen LogP contribution is 2.39. The SMILES string of the molecule is COc1ccc(CC(=O)N2CCC3(CCC(CNC(=O)C4CCCCC4)O3)CC2)cc1OC. The molecule has 3 fully saturated rings. The predicted molar refractivity (Wildman–Crippen MR) is 125 cm³/mol. The molecule has 1 aromatic rings. The van der Waals surface area contributed by atoms with E-state index in [2.05, 4.69) is 5.32 Å². The Morgan fingerprint density at radius 2 is 1.76 bits per heavy atom. The standard InChI is InChI=1S/C26H38N2O5/c1-31-22-9-8-19(16-23(22)32-2)17-24(29)28-14-12-26(13-15-28)11-10-21(33-26)18-27-25(30)20-6-4-3-5-7-20/h8-9,16,20-21H,3-7,10-15,17-18H2,1-2H3,(H,27,30). The van der Waals surface area contributed by atoms with Crippen LogP contribution >= 0.6 is 0 Å². The van der Waals surface area contributed by atoms with Crippen LogP contribution in [0.25, 0.3) is 0 Å². The number of likely N-dealkylation sites (tertiary alicyclic amines) is 1. The molecule has 0 bridgehead atoms. The van der Waals surface area contributed by atoms with E-state index in [4.69, 9.17) is 14.2 Å². The second kappa shape index (κ2) is 10.8. The van der Waals surface area contributed by atoms with E-state index in [9.17, 15) is 9.59 Å². The third-order valence-electron chi connectivity index (χ3n) is 7.65. The fraction of sp³-hybridized carbons (Fsp3) is 0.692. The van der Waals surface area contributed by atoms with E-state index in [0.29, 0.717) is 37.6 Å². The van der Waals surface area contributed by atoms with Gasteiger partial charge in [0, 0.05) is 25.6 Å². The maximum absolute atomic E-state index is 12.9. The predicted octanol–water partition coefficient (Wildman–Crippen LogP) is 3.48. The van der Waals surface area contributed by atoms with Crippen molar-refractivity contribution in [2.45, 2.75) is 75.9 Å². The van der Waals surface area contributed by atoms with Crippen molar-refractivity contribution in [3.05, 3.63) is 23.8 Å². The quantitative estimate of drug-likeness (QED) is 0.677. The summed E-state index contributed by atoms with van der Waals surface area (Å²) in [4.78, 5) is 27.3. The van der Waals surface area contributed by atoms with Crippen LogP contribution in [-0.2, 0) is 20.7 Å². The maximum atomic E-state index is 12.9. The maximum Gasteiger partial charge on any atom is 0.226 e. The Bertz CT molecular complexity index is 828. The Kier molecular flexibility index (Phi) is 7.78. The highest BCUT2D eigenvalue weighted by molar-refractivity contribution is 5.79. The van der Waals surface area contributed by atoms with Crippen LogP contribution in [0.5, 0.6) is 11.5 Å². The Morgan fingerprint density at radius 1 is 1.03 bits per heavy atom. The molecule has 182 valence electrons. The minimum Gasteiger partial charge on any atom is -0.493 e. The Hall–Kier alpha value is -2.28. The second-order valence-corrected chi connectivity index (χ2v) is 9.79. The summed E-state index contributed by atoms with van der Waals surface area (Å²) in [6, 6.07) is 5.62. The van der Waals surface area contributed by atoms with Gasteiger partial charge in [-0.1, -0.05) is 25.3 Å². The zero-order valence-electron chi connectivity index (χ0n) is 20.1. The first-order valence-electron chi connectivity index (χ1n) is 12.5. The topological polar surface area (TPSA) is 77.1 Å². The molecule has 2 amide bonds. The fourth-order valence-corrected chi connectivity index (χ4v) is 5.57. The van der Waals surface area contributed by atoms with Crippen LogP contribution in [-0.4, -0.2) is 62.3 Å². The number of nitrogens with zero attached hydrogens (tertiary/aromatic N) is 1. The number of carbonyl (C=O) groups is 2. The van der Waals surface area contributed by atoms with Crippen molar-refractivity contribution in [2.24, 2.45) is 5.92 Å². The average Bonchev–Trinajstić information content (AvgIpc) is 3.25. The van der Waals surface area contributed by atoms with Crippen LogP contribution in [0, 0.1) is 5.92 Å². The number of hydrogen-bond donors (Lipinski definition) is 1. The summed E-state index contributed by atoms with van der Waals surface area (Å²) in [5, 5.41) is 3.14. The number of amides is 2. The average molecular weight is 459 g/mol. The van der Waals surface area contributed by atoms with E-state index < -0.39 is 0 Å². The molecule has 1 N–H and O–H groups in total. The van der Waals surface area contributed by atoms with Crippen molar-refractivity contribution < 1.29 is 23.8 Å². The van der Waals surface area contributed by atoms with Crippen molar-refractivity contribution in [1.29, 1.82) is 0 Å². The number of ether oxygens (including phenoxy) is 3. The van der Waals surface area contributed by atoms with E-state index in [1.54, 1.807) is 14.2 Å². The largest absolute Gasteiger partial charge is 0.493 e. The number of benzene rings is 1. The number of piperidine rings is 1. The molecule has 7 heteroatoms. The molecule has 1 spiro atoms. The fourth-order valence-electron chi connectivity index (χ4n) is 5.57. The molecule has 1 aromatic carbocycles. The van der Waals surface area contributed by atoms with Gasteiger partial charge in [-0.2, -0.15) is 0 Å². The van der Waals surface area contributed by atoms with E-state index >= 15 is 0 Å². The third-order valence-corrected chi connectivity index (χ3v) is 7.65. The van der Waals surface area contributed by atoms with Gasteiger partial charge in [0.2, 0.25) is 11.8 Å². The number of nitrogens with one attached hydrogen (secondary N) is 1. The lowest BCUT2D eigenvalue weighted by atomic mass is 9.88. The lowest BCUT2D eigenvalue weighted by Gasteiger charge is -2.39. The first-order valence-corrected chi connectivity index (χ1v) is 12.5. The molecule has 0 radical (unpaired) electrons. The molecule has 1 saturated carbocycles. The number of rotatable bonds is 7. The molecule has 4 rings (SSSR count). The summed E-state index contributed by atoms with van der Waals surface area (Å²) in [7, 11) is 3.20. The summed E-state index contributed by atoms with van der Waals surface area (Å²) in [6.45, 7) is 2.04. The van der Waals surface area contributed by atoms with Crippen LogP contribution in [0.2, 0.25) is 0 Å². The van der Waals surface area contributed by atoms with Crippen molar-refractivity contribution in [3.63, 3.8) is 0 Å². The summed E-state index contributed by atoms with van der Waals surface area (Å²) in [6.07, 6.45) is 9.78. The first kappa shape index (κ1) is 23.9. The lowest BCUT2D eigenvalue weighted by molar-refractivity contribution is -0.137. The van der Waals surface area contributed by atoms with Gasteiger partial charge < -0.3 is 24.4 Å². The smallest absolute Gasteiger partial charge is 0.226 e. The molecule has 3 aliphatic rings. The lowest BCUT2D eigenvalue weighted by Crippen LogP contribution is -2.47. The van der Waals surface area contributed by atoms with Crippen molar-refractivity contribution in [2.75, 3.05) is 33.9 Å². The zero-order valence-corrected chi connectivity index (χ0v) is 20.1. The van der Waals surface area contributed by atoms with Crippen molar-refractivity contribution >= 4 is 11.8 Å². The summed E-state index contributed by atoms with van der Waals surface area (Å²) >= 11 is 0. The Morgan fingerprint density at radius 3 is 2.45 bits per heavy atom. The molecule has 1 aliphatic carbocycles. The van der Waals surface area contributed by atoms with Crippen LogP contribution in [0.3, 0.4) is 0 Å². The van der Waals surface area contributed by atoms with Crippen LogP contribution < -0.4 is 14.8 Å². The van der Waals surface area contributed by atoms with Crippen molar-refractivity contribution in [3.8, 4) is 11.5 Å². The van der Waals surface area contributed by atoms with E-state index in [1.807, 2.05) is 23.1 Å². The van der Waals surface area contributed by atoms with Gasteiger partial charge in [-0.15, -0.1) is 0 Å². The molecular weight excluding hydrogens is 420 g/mol. The molecule has 0 aromatic heterocycles. The second-order valence-electron chi connectivity index (χ2n) is 9.79. The summed E-state index contributed by atoms with van der Waals surface area (Å²) in [5.41, 5.74) is 0.782. The van der Waals surface area contributed by atoms with Gasteiger partial charge >= 0.3 is 0 Å². The van der Waals surface area contributed by atoms with Gasteiger partial charge in [-0.3, -0.25) is 9.59 Å². The van der Waals surface area contributed by atoms with Crippen molar-refractivity contribution in [1.82, 2.24) is 10.2 Å². The Balaban J connectivity index is 1.22. The van der Waals surface area contributed by atoms with Crippen LogP contribution in [0.4, 0.5) is 0 Å². The molecule has 7 nitrogen and oxygen atoms in total. The molecule has 33 heavy (non-hydrogen) atoms. The van der Waals surface area contributed by atoms with E-state index in [0.717, 1.165) is 44.1 Å². The summed E-state index contributed by atoms with van der Waals surface area (Å²) in [5.74, 6) is 1.83. The summed E-state index contributed by atoms with van der Waals surface area (Å²) < 4.78 is 17.1. The van der Waals surface area contributed by atoms with Gasteiger partial charge in [0.05, 0.1) is 32.3 Å². The van der Waals surface area contributed by atoms with Gasteiger partial charge in [-0.05, 0) is 56.2 Å². The number of carbonyl (C=O) groups excluding carboxylic acids is 2. The van der Waals surface area contributed by atoms with E-state index in [-0.39, 0.29) is 29.4 Å². The van der Waals surface area contributed by atoms with Gasteiger partial charge in [0.1, 0.15) is 0 Å². The zero-order chi connectivity index (χ0) is 23.3. The first-order chi connectivity index (χ1) is 16.0. The highest BCUT2D eigenvalue weighted by atomic mass is 16.5. The highest BCUT2D eigenvalue weighted by Gasteiger charge is 2.43. The number of hydrogen-bond acceptors (Lipinski definition) is 5. The third kappa shape index (κ3) is 5.81. The van der Waals surface area contributed by atoms with Gasteiger partial charge in [0.25, 0.3) is 0 Å². The molecule has 1 atom stereocenters. The van der Waals surface area contributed by atoms with Crippen LogP contribution in [0.1, 0.15) is 63.4 Å². The van der Waals surface area contributed by atoms with Gasteiger partial charge in [0.15, 0.2) is 11.5 Å². The number of methoxy groups -OCH3 is 2. The molecule has 2 saturated heterocycles. The molecule has 2 aliphatic heterocycles. The molecule has 2 heterocycles. The minimum atomic E-state index is -0.139. The molecular formula is C26H38N2O5. The Labute approximate surface area is 197 Å². The minimum absolute atomic E-state index is 0.0894. The molecule has 1 unspecified atom stereocenters.